The number of piperidine rings is 1. The first-order valence-corrected chi connectivity index (χ1v) is 23.2. The standard InChI is InChI=1S/C48H52N8O7S/c57-29-38-34-16-21-55(27-30-14-17-49-18-15-30)45(34)36-26-32(10-11-37(36)51-38)31-5-1-6-33(25-31)50-41(58)9-3-20-54-23-22-53(28-43(54)60)19-4-24-64-40-8-2-7-35-44(40)48(63)56(47(35)62)39-12-13-42(59)52-46(39)61/h1-2,5-8,10-11,14-15,17-18,25-26,34,38-39,45,51,57H,3-4,9,12-13,16,19-24,27-29H2,(H,50,58)(H,52,59,61)/t34-,38-,39?,45-/m1/s1. The van der Waals surface area contributed by atoms with Gasteiger partial charge in [-0.3, -0.25) is 53.8 Å². The van der Waals surface area contributed by atoms with Crippen LogP contribution in [-0.2, 0) is 25.7 Å². The fourth-order valence-corrected chi connectivity index (χ4v) is 10.9. The molecule has 9 rings (SSSR count). The summed E-state index contributed by atoms with van der Waals surface area (Å²) in [5.74, 6) is -1.22. The number of amides is 6. The number of carbonyl (C=O) groups is 6. The Morgan fingerprint density at radius 1 is 0.875 bits per heavy atom. The summed E-state index contributed by atoms with van der Waals surface area (Å²) in [6.07, 6.45) is 6.40. The van der Waals surface area contributed by atoms with Gasteiger partial charge in [0, 0.05) is 79.6 Å². The maximum atomic E-state index is 13.4. The van der Waals surface area contributed by atoms with E-state index >= 15 is 0 Å². The lowest BCUT2D eigenvalue weighted by atomic mass is 9.82. The zero-order valence-electron chi connectivity index (χ0n) is 35.5. The Morgan fingerprint density at radius 2 is 1.70 bits per heavy atom. The molecule has 0 aliphatic carbocycles. The highest BCUT2D eigenvalue weighted by molar-refractivity contribution is 7.99. The Labute approximate surface area is 375 Å². The molecule has 6 heterocycles. The van der Waals surface area contributed by atoms with E-state index in [1.165, 1.54) is 22.9 Å². The largest absolute Gasteiger partial charge is 0.394 e. The van der Waals surface area contributed by atoms with E-state index in [4.69, 9.17) is 0 Å². The second kappa shape index (κ2) is 19.0. The number of benzene rings is 3. The number of aromatic nitrogens is 1. The maximum absolute atomic E-state index is 13.4. The number of imide groups is 2. The molecular formula is C48H52N8O7S. The van der Waals surface area contributed by atoms with Crippen LogP contribution in [0.3, 0.4) is 0 Å². The van der Waals surface area contributed by atoms with Gasteiger partial charge in [-0.2, -0.15) is 0 Å². The second-order valence-electron chi connectivity index (χ2n) is 17.2. The molecule has 4 aromatic rings. The Kier molecular flexibility index (Phi) is 12.9. The summed E-state index contributed by atoms with van der Waals surface area (Å²) in [6.45, 7) is 4.61. The molecule has 0 radical (unpaired) electrons. The molecule has 0 bridgehead atoms. The molecule has 1 unspecified atom stereocenters. The van der Waals surface area contributed by atoms with Gasteiger partial charge in [0.1, 0.15) is 6.04 Å². The Morgan fingerprint density at radius 3 is 2.52 bits per heavy atom. The Bertz CT molecular complexity index is 2470. The van der Waals surface area contributed by atoms with Gasteiger partial charge < -0.3 is 20.6 Å². The van der Waals surface area contributed by atoms with Crippen LogP contribution in [0.4, 0.5) is 11.4 Å². The van der Waals surface area contributed by atoms with Crippen LogP contribution >= 0.6 is 11.8 Å². The number of hydrogen-bond donors (Lipinski definition) is 4. The maximum Gasteiger partial charge on any atom is 0.263 e. The number of thioether (sulfide) groups is 1. The van der Waals surface area contributed by atoms with Crippen molar-refractivity contribution in [3.63, 3.8) is 0 Å². The van der Waals surface area contributed by atoms with E-state index in [0.717, 1.165) is 54.2 Å². The normalized spacial score (nSPS) is 22.2. The minimum absolute atomic E-state index is 0.00759. The van der Waals surface area contributed by atoms with Crippen molar-refractivity contribution in [1.29, 1.82) is 0 Å². The van der Waals surface area contributed by atoms with Gasteiger partial charge >= 0.3 is 0 Å². The fraction of sp³-hybridized carbons (Fsp3) is 0.396. The molecule has 0 saturated carbocycles. The van der Waals surface area contributed by atoms with E-state index in [1.54, 1.807) is 18.2 Å². The molecule has 4 atom stereocenters. The molecule has 5 aliphatic heterocycles. The zero-order chi connectivity index (χ0) is 44.3. The molecule has 4 N–H and O–H groups in total. The van der Waals surface area contributed by atoms with Crippen molar-refractivity contribution in [2.45, 2.75) is 68.1 Å². The number of fused-ring (bicyclic) bond motifs is 4. The summed E-state index contributed by atoms with van der Waals surface area (Å²) in [6, 6.07) is 22.7. The summed E-state index contributed by atoms with van der Waals surface area (Å²) < 4.78 is 0. The summed E-state index contributed by atoms with van der Waals surface area (Å²) >= 11 is 1.47. The minimum Gasteiger partial charge on any atom is -0.394 e. The quantitative estimate of drug-likeness (QED) is 0.0744. The predicted molar refractivity (Wildman–Crippen MR) is 241 cm³/mol. The fourth-order valence-electron chi connectivity index (χ4n) is 9.93. The van der Waals surface area contributed by atoms with Crippen LogP contribution in [0.2, 0.25) is 0 Å². The van der Waals surface area contributed by atoms with Crippen LogP contribution < -0.4 is 16.0 Å². The van der Waals surface area contributed by atoms with Crippen molar-refractivity contribution in [2.24, 2.45) is 5.92 Å². The van der Waals surface area contributed by atoms with Crippen molar-refractivity contribution in [1.82, 2.24) is 29.9 Å². The lowest BCUT2D eigenvalue weighted by Gasteiger charge is -2.39. The van der Waals surface area contributed by atoms with Gasteiger partial charge in [-0.25, -0.2) is 0 Å². The van der Waals surface area contributed by atoms with Crippen LogP contribution in [0.5, 0.6) is 0 Å². The summed E-state index contributed by atoms with van der Waals surface area (Å²) in [5.41, 5.74) is 6.79. The van der Waals surface area contributed by atoms with Crippen molar-refractivity contribution >= 4 is 58.6 Å². The third-order valence-corrected chi connectivity index (χ3v) is 14.3. The van der Waals surface area contributed by atoms with Gasteiger partial charge in [-0.1, -0.05) is 24.3 Å². The van der Waals surface area contributed by atoms with Gasteiger partial charge in [-0.05, 0) is 115 Å². The number of carbonyl (C=O) groups excluding carboxylic acids is 6. The molecule has 64 heavy (non-hydrogen) atoms. The van der Waals surface area contributed by atoms with Crippen molar-refractivity contribution < 1.29 is 33.9 Å². The van der Waals surface area contributed by atoms with Crippen molar-refractivity contribution in [3.8, 4) is 11.1 Å². The van der Waals surface area contributed by atoms with E-state index in [9.17, 15) is 33.9 Å². The number of anilines is 2. The van der Waals surface area contributed by atoms with Crippen molar-refractivity contribution in [3.05, 3.63) is 107 Å². The average molecular weight is 885 g/mol. The van der Waals surface area contributed by atoms with Crippen molar-refractivity contribution in [2.75, 3.05) is 62.3 Å². The number of piperazine rings is 1. The van der Waals surface area contributed by atoms with Crippen LogP contribution in [-0.4, -0.2) is 129 Å². The molecule has 3 fully saturated rings. The number of aliphatic hydroxyl groups is 1. The molecule has 1 aromatic heterocycles. The smallest absolute Gasteiger partial charge is 0.263 e. The number of aliphatic hydroxyl groups excluding tert-OH is 1. The minimum atomic E-state index is -1.01. The Hall–Kier alpha value is -5.94. The monoisotopic (exact) mass is 884 g/mol. The third-order valence-electron chi connectivity index (χ3n) is 13.1. The van der Waals surface area contributed by atoms with Gasteiger partial charge in [0.15, 0.2) is 0 Å². The van der Waals surface area contributed by atoms with Gasteiger partial charge in [0.2, 0.25) is 23.6 Å². The molecule has 15 nitrogen and oxygen atoms in total. The van der Waals surface area contributed by atoms with E-state index in [1.807, 2.05) is 35.5 Å². The number of likely N-dealkylation sites (tertiary alicyclic amines) is 1. The van der Waals surface area contributed by atoms with E-state index in [2.05, 4.69) is 67.1 Å². The van der Waals surface area contributed by atoms with Crippen LogP contribution in [0.25, 0.3) is 11.1 Å². The number of hydrogen-bond acceptors (Lipinski definition) is 12. The highest BCUT2D eigenvalue weighted by Crippen LogP contribution is 2.48. The van der Waals surface area contributed by atoms with E-state index in [0.29, 0.717) is 54.5 Å². The molecule has 3 aromatic carbocycles. The van der Waals surface area contributed by atoms with Gasteiger partial charge in [0.25, 0.3) is 11.8 Å². The lowest BCUT2D eigenvalue weighted by molar-refractivity contribution is -0.137. The summed E-state index contributed by atoms with van der Waals surface area (Å²) in [4.78, 5) is 89.2. The first-order valence-electron chi connectivity index (χ1n) is 22.2. The summed E-state index contributed by atoms with van der Waals surface area (Å²) in [5, 5.41) is 19.2. The number of rotatable bonds is 15. The second-order valence-corrected chi connectivity index (χ2v) is 18.3. The highest BCUT2D eigenvalue weighted by atomic mass is 32.2. The molecule has 16 heteroatoms. The van der Waals surface area contributed by atoms with Crippen LogP contribution in [0, 0.1) is 5.92 Å². The number of nitrogens with zero attached hydrogens (tertiary/aromatic N) is 5. The SMILES string of the molecule is O=C1CCC(N2C(=O)c3cccc(SCCCN4CCN(CCCC(=O)Nc5cccc(-c6ccc7c(c6)[C@H]6[C@H](CCN6Cc6ccncc6)[C@@H](CO)N7)c5)C(=O)C4)c3C2=O)C(=O)N1. The van der Waals surface area contributed by atoms with Crippen LogP contribution in [0.15, 0.2) is 90.1 Å². The highest BCUT2D eigenvalue weighted by Gasteiger charge is 2.46. The average Bonchev–Trinajstić information content (AvgIpc) is 3.83. The number of pyridine rings is 1. The Balaban J connectivity index is 0.726. The molecule has 6 amide bonds. The first-order chi connectivity index (χ1) is 31.1. The molecular weight excluding hydrogens is 833 g/mol. The predicted octanol–water partition coefficient (Wildman–Crippen LogP) is 4.54. The first kappa shape index (κ1) is 43.3. The van der Waals surface area contributed by atoms with Crippen LogP contribution in [0.1, 0.15) is 76.4 Å². The molecule has 3 saturated heterocycles. The number of nitrogens with one attached hydrogen (secondary N) is 3. The zero-order valence-corrected chi connectivity index (χ0v) is 36.4. The third kappa shape index (κ3) is 9.05. The lowest BCUT2D eigenvalue weighted by Crippen LogP contribution is -2.54. The molecule has 332 valence electrons. The van der Waals surface area contributed by atoms with Gasteiger partial charge in [0.05, 0.1) is 30.3 Å². The summed E-state index contributed by atoms with van der Waals surface area (Å²) in [7, 11) is 0. The van der Waals surface area contributed by atoms with Gasteiger partial charge in [-0.15, -0.1) is 11.8 Å². The molecule has 0 spiro atoms. The topological polar surface area (TPSA) is 185 Å². The molecule has 5 aliphatic rings. The van der Waals surface area contributed by atoms with E-state index < -0.39 is 29.7 Å². The van der Waals surface area contributed by atoms with E-state index in [-0.39, 0.29) is 61.2 Å².